The Morgan fingerprint density at radius 3 is 2.94 bits per heavy atom. The summed E-state index contributed by atoms with van der Waals surface area (Å²) in [6.45, 7) is 6.64. The van der Waals surface area contributed by atoms with Crippen LogP contribution >= 0.6 is 0 Å². The Hall–Kier alpha value is -1.09. The Morgan fingerprint density at radius 1 is 1.47 bits per heavy atom. The second-order valence-corrected chi connectivity index (χ2v) is 4.73. The van der Waals surface area contributed by atoms with Gasteiger partial charge in [0.25, 0.3) is 0 Å². The van der Waals surface area contributed by atoms with E-state index in [0.717, 1.165) is 18.0 Å². The number of hydrogen-bond donors (Lipinski definition) is 0. The van der Waals surface area contributed by atoms with E-state index in [1.54, 1.807) is 7.11 Å². The van der Waals surface area contributed by atoms with Crippen molar-refractivity contribution >= 4 is 0 Å². The first-order valence-electron chi connectivity index (χ1n) is 6.50. The van der Waals surface area contributed by atoms with Gasteiger partial charge in [0.15, 0.2) is 0 Å². The van der Waals surface area contributed by atoms with Crippen molar-refractivity contribution in [3.63, 3.8) is 0 Å². The van der Waals surface area contributed by atoms with Crippen molar-refractivity contribution in [3.8, 4) is 5.88 Å². The van der Waals surface area contributed by atoms with E-state index in [1.807, 2.05) is 6.20 Å². The molecule has 2 rings (SSSR count). The van der Waals surface area contributed by atoms with Crippen LogP contribution in [0.3, 0.4) is 0 Å². The fourth-order valence-corrected chi connectivity index (χ4v) is 2.73. The summed E-state index contributed by atoms with van der Waals surface area (Å²) in [5.41, 5.74) is 2.47. The highest BCUT2D eigenvalue weighted by Gasteiger charge is 2.23. The van der Waals surface area contributed by atoms with Crippen molar-refractivity contribution < 1.29 is 4.74 Å². The minimum atomic E-state index is 0.547. The van der Waals surface area contributed by atoms with Gasteiger partial charge in [-0.2, -0.15) is 0 Å². The SMILES string of the molecule is CCN1CCCC[C@@H]1c1cnc(OC)c(C)c1. The number of nitrogens with zero attached hydrogens (tertiary/aromatic N) is 2. The topological polar surface area (TPSA) is 25.4 Å². The van der Waals surface area contributed by atoms with E-state index in [9.17, 15) is 0 Å². The lowest BCUT2D eigenvalue weighted by Gasteiger charge is -2.35. The van der Waals surface area contributed by atoms with Crippen molar-refractivity contribution in [1.82, 2.24) is 9.88 Å². The molecule has 1 saturated heterocycles. The average molecular weight is 234 g/mol. The summed E-state index contributed by atoms with van der Waals surface area (Å²) in [5, 5.41) is 0. The van der Waals surface area contributed by atoms with Gasteiger partial charge in [-0.1, -0.05) is 13.3 Å². The van der Waals surface area contributed by atoms with Crippen molar-refractivity contribution in [2.24, 2.45) is 0 Å². The van der Waals surface area contributed by atoms with E-state index < -0.39 is 0 Å². The molecule has 0 radical (unpaired) electrons. The molecular formula is C14H22N2O. The molecular weight excluding hydrogens is 212 g/mol. The predicted molar refractivity (Wildman–Crippen MR) is 69.4 cm³/mol. The highest BCUT2D eigenvalue weighted by molar-refractivity contribution is 5.30. The molecule has 1 aromatic rings. The number of ether oxygens (including phenoxy) is 1. The molecule has 17 heavy (non-hydrogen) atoms. The number of pyridine rings is 1. The van der Waals surface area contributed by atoms with Crippen LogP contribution in [-0.2, 0) is 0 Å². The maximum Gasteiger partial charge on any atom is 0.215 e. The van der Waals surface area contributed by atoms with Gasteiger partial charge < -0.3 is 4.74 Å². The first kappa shape index (κ1) is 12.4. The number of likely N-dealkylation sites (tertiary alicyclic amines) is 1. The summed E-state index contributed by atoms with van der Waals surface area (Å²) in [7, 11) is 1.67. The van der Waals surface area contributed by atoms with E-state index >= 15 is 0 Å². The maximum absolute atomic E-state index is 5.22. The van der Waals surface area contributed by atoms with E-state index in [1.165, 1.54) is 31.4 Å². The van der Waals surface area contributed by atoms with E-state index in [2.05, 4.69) is 29.8 Å². The zero-order chi connectivity index (χ0) is 12.3. The number of rotatable bonds is 3. The quantitative estimate of drug-likeness (QED) is 0.804. The van der Waals surface area contributed by atoms with Gasteiger partial charge in [0.1, 0.15) is 0 Å². The lowest BCUT2D eigenvalue weighted by atomic mass is 9.96. The van der Waals surface area contributed by atoms with Crippen molar-refractivity contribution in [3.05, 3.63) is 23.4 Å². The molecule has 3 nitrogen and oxygen atoms in total. The number of aromatic nitrogens is 1. The molecule has 0 bridgehead atoms. The lowest BCUT2D eigenvalue weighted by molar-refractivity contribution is 0.156. The molecule has 2 heterocycles. The number of piperidine rings is 1. The Kier molecular flexibility index (Phi) is 4.00. The Labute approximate surface area is 104 Å². The summed E-state index contributed by atoms with van der Waals surface area (Å²) >= 11 is 0. The molecule has 1 atom stereocenters. The minimum Gasteiger partial charge on any atom is -0.481 e. The second-order valence-electron chi connectivity index (χ2n) is 4.73. The number of aryl methyl sites for hydroxylation is 1. The van der Waals surface area contributed by atoms with E-state index in [0.29, 0.717) is 6.04 Å². The number of hydrogen-bond acceptors (Lipinski definition) is 3. The summed E-state index contributed by atoms with van der Waals surface area (Å²) in [6, 6.07) is 2.77. The third-order valence-corrected chi connectivity index (χ3v) is 3.65. The van der Waals surface area contributed by atoms with Crippen LogP contribution in [0.15, 0.2) is 12.3 Å². The molecule has 1 fully saturated rings. The summed E-state index contributed by atoms with van der Waals surface area (Å²) in [4.78, 5) is 6.94. The van der Waals surface area contributed by atoms with Crippen LogP contribution in [0, 0.1) is 6.92 Å². The van der Waals surface area contributed by atoms with Crippen LogP contribution in [0.1, 0.15) is 43.4 Å². The molecule has 0 spiro atoms. The van der Waals surface area contributed by atoms with E-state index in [-0.39, 0.29) is 0 Å². The fourth-order valence-electron chi connectivity index (χ4n) is 2.73. The van der Waals surface area contributed by atoms with Gasteiger partial charge in [0, 0.05) is 17.8 Å². The predicted octanol–water partition coefficient (Wildman–Crippen LogP) is 2.95. The van der Waals surface area contributed by atoms with E-state index in [4.69, 9.17) is 4.74 Å². The van der Waals surface area contributed by atoms with Gasteiger partial charge in [0.05, 0.1) is 7.11 Å². The molecule has 0 aromatic carbocycles. The lowest BCUT2D eigenvalue weighted by Crippen LogP contribution is -2.33. The van der Waals surface area contributed by atoms with Crippen LogP contribution in [-0.4, -0.2) is 30.1 Å². The minimum absolute atomic E-state index is 0.547. The molecule has 1 aliphatic heterocycles. The third-order valence-electron chi connectivity index (χ3n) is 3.65. The summed E-state index contributed by atoms with van der Waals surface area (Å²) in [5.74, 6) is 0.743. The zero-order valence-corrected chi connectivity index (χ0v) is 11.1. The first-order chi connectivity index (χ1) is 8.26. The second kappa shape index (κ2) is 5.50. The van der Waals surface area contributed by atoms with Crippen molar-refractivity contribution in [2.75, 3.05) is 20.2 Å². The van der Waals surface area contributed by atoms with Gasteiger partial charge >= 0.3 is 0 Å². The Morgan fingerprint density at radius 2 is 2.29 bits per heavy atom. The molecule has 1 aromatic heterocycles. The Balaban J connectivity index is 2.23. The van der Waals surface area contributed by atoms with Crippen LogP contribution < -0.4 is 4.74 Å². The molecule has 0 N–H and O–H groups in total. The summed E-state index contributed by atoms with van der Waals surface area (Å²) in [6.07, 6.45) is 5.88. The van der Waals surface area contributed by atoms with Crippen LogP contribution in [0.25, 0.3) is 0 Å². The van der Waals surface area contributed by atoms with Gasteiger partial charge in [0.2, 0.25) is 5.88 Å². The molecule has 94 valence electrons. The monoisotopic (exact) mass is 234 g/mol. The van der Waals surface area contributed by atoms with Gasteiger partial charge in [-0.3, -0.25) is 4.90 Å². The average Bonchev–Trinajstić information content (AvgIpc) is 2.38. The molecule has 0 aliphatic carbocycles. The fraction of sp³-hybridized carbons (Fsp3) is 0.643. The Bertz CT molecular complexity index is 378. The number of methoxy groups -OCH3 is 1. The normalized spacial score (nSPS) is 21.5. The standard InChI is InChI=1S/C14H22N2O/c1-4-16-8-6-5-7-13(16)12-9-11(2)14(17-3)15-10-12/h9-10,13H,4-8H2,1-3H3/t13-/m1/s1. The molecule has 3 heteroatoms. The highest BCUT2D eigenvalue weighted by Crippen LogP contribution is 2.31. The molecule has 0 saturated carbocycles. The van der Waals surface area contributed by atoms with Gasteiger partial charge in [-0.05, 0) is 44.5 Å². The molecule has 1 aliphatic rings. The first-order valence-corrected chi connectivity index (χ1v) is 6.50. The van der Waals surface area contributed by atoms with Gasteiger partial charge in [-0.15, -0.1) is 0 Å². The van der Waals surface area contributed by atoms with Crippen LogP contribution in [0.4, 0.5) is 0 Å². The van der Waals surface area contributed by atoms with Gasteiger partial charge in [-0.25, -0.2) is 4.98 Å². The third kappa shape index (κ3) is 2.60. The maximum atomic E-state index is 5.22. The van der Waals surface area contributed by atoms with Crippen molar-refractivity contribution in [1.29, 1.82) is 0 Å². The van der Waals surface area contributed by atoms with Crippen LogP contribution in [0.2, 0.25) is 0 Å². The zero-order valence-electron chi connectivity index (χ0n) is 11.1. The molecule has 0 amide bonds. The highest BCUT2D eigenvalue weighted by atomic mass is 16.5. The van der Waals surface area contributed by atoms with Crippen molar-refractivity contribution in [2.45, 2.75) is 39.2 Å². The molecule has 0 unspecified atom stereocenters. The largest absolute Gasteiger partial charge is 0.481 e. The van der Waals surface area contributed by atoms with Crippen LogP contribution in [0.5, 0.6) is 5.88 Å². The smallest absolute Gasteiger partial charge is 0.215 e. The summed E-state index contributed by atoms with van der Waals surface area (Å²) < 4.78 is 5.22.